The first-order valence-electron chi connectivity index (χ1n) is 9.06. The average molecular weight is 417 g/mol. The van der Waals surface area contributed by atoms with Crippen LogP contribution in [0.5, 0.6) is 0 Å². The summed E-state index contributed by atoms with van der Waals surface area (Å²) in [5, 5.41) is 13.0. The van der Waals surface area contributed by atoms with Gasteiger partial charge in [0.1, 0.15) is 6.54 Å². The van der Waals surface area contributed by atoms with Crippen molar-refractivity contribution in [2.45, 2.75) is 6.54 Å². The van der Waals surface area contributed by atoms with Crippen LogP contribution in [0.2, 0.25) is 0 Å². The van der Waals surface area contributed by atoms with Crippen LogP contribution in [0.3, 0.4) is 0 Å². The van der Waals surface area contributed by atoms with Crippen molar-refractivity contribution < 1.29 is 4.79 Å². The minimum atomic E-state index is -0.365. The first-order valence-corrected chi connectivity index (χ1v) is 9.94. The van der Waals surface area contributed by atoms with E-state index in [0.717, 1.165) is 20.9 Å². The number of anilines is 1. The largest absolute Gasteiger partial charge is 0.324 e. The Labute approximate surface area is 173 Å². The van der Waals surface area contributed by atoms with Gasteiger partial charge in [0, 0.05) is 47.5 Å². The highest BCUT2D eigenvalue weighted by atomic mass is 32.1. The van der Waals surface area contributed by atoms with E-state index in [1.54, 1.807) is 48.0 Å². The fourth-order valence-electron chi connectivity index (χ4n) is 3.01. The van der Waals surface area contributed by atoms with Gasteiger partial charge >= 0.3 is 0 Å². The molecule has 10 heteroatoms. The molecular formula is C20H15N7O2S. The topological polar surface area (TPSA) is 99.1 Å². The number of carbonyl (C=O) groups is 1. The Hall–Kier alpha value is -4.05. The number of amides is 1. The summed E-state index contributed by atoms with van der Waals surface area (Å²) in [6.07, 6.45) is 7.25. The standard InChI is InChI=1S/C20H15N7O2S/c28-18(13-27-19(29)7-6-17(24-27)26-9-1-8-21-26)22-15-4-2-14(3-5-15)16-12-25-10-11-30-20(25)23-16/h1-12H,13H2,(H,22,28). The Morgan fingerprint density at radius 3 is 2.73 bits per heavy atom. The number of nitrogens with one attached hydrogen (secondary N) is 1. The van der Waals surface area contributed by atoms with Crippen molar-refractivity contribution in [2.75, 3.05) is 5.32 Å². The van der Waals surface area contributed by atoms with Crippen molar-refractivity contribution in [3.63, 3.8) is 0 Å². The second-order valence-corrected chi connectivity index (χ2v) is 7.36. The zero-order chi connectivity index (χ0) is 20.5. The molecule has 1 amide bonds. The molecule has 5 aromatic rings. The summed E-state index contributed by atoms with van der Waals surface area (Å²) in [7, 11) is 0. The first kappa shape index (κ1) is 18.0. The molecule has 0 aliphatic rings. The maximum atomic E-state index is 12.4. The number of fused-ring (bicyclic) bond motifs is 1. The monoisotopic (exact) mass is 417 g/mol. The Balaban J connectivity index is 1.29. The molecule has 0 fully saturated rings. The second kappa shape index (κ2) is 7.41. The smallest absolute Gasteiger partial charge is 0.267 e. The summed E-state index contributed by atoms with van der Waals surface area (Å²) in [4.78, 5) is 30.0. The van der Waals surface area contributed by atoms with Gasteiger partial charge < -0.3 is 5.32 Å². The van der Waals surface area contributed by atoms with E-state index in [-0.39, 0.29) is 18.0 Å². The lowest BCUT2D eigenvalue weighted by atomic mass is 10.1. The Morgan fingerprint density at radius 1 is 1.10 bits per heavy atom. The first-order chi connectivity index (χ1) is 14.7. The van der Waals surface area contributed by atoms with Crippen LogP contribution in [0, 0.1) is 0 Å². The molecule has 0 spiro atoms. The molecule has 1 N–H and O–H groups in total. The SMILES string of the molecule is O=C(Cn1nc(-n2cccn2)ccc1=O)Nc1ccc(-c2cn3ccsc3n2)cc1. The third kappa shape index (κ3) is 3.51. The molecule has 0 unspecified atom stereocenters. The lowest BCUT2D eigenvalue weighted by Gasteiger charge is -2.08. The van der Waals surface area contributed by atoms with Crippen LogP contribution in [-0.2, 0) is 11.3 Å². The summed E-state index contributed by atoms with van der Waals surface area (Å²) in [5.74, 6) is 0.106. The van der Waals surface area contributed by atoms with Crippen molar-refractivity contribution in [1.29, 1.82) is 0 Å². The van der Waals surface area contributed by atoms with Crippen molar-refractivity contribution >= 4 is 27.9 Å². The minimum Gasteiger partial charge on any atom is -0.324 e. The van der Waals surface area contributed by atoms with Crippen molar-refractivity contribution in [2.24, 2.45) is 0 Å². The number of aromatic nitrogens is 6. The highest BCUT2D eigenvalue weighted by Gasteiger charge is 2.10. The van der Waals surface area contributed by atoms with E-state index >= 15 is 0 Å². The molecule has 148 valence electrons. The van der Waals surface area contributed by atoms with Crippen molar-refractivity contribution in [3.8, 4) is 17.1 Å². The molecule has 0 aliphatic heterocycles. The molecule has 5 rings (SSSR count). The third-order valence-corrected chi connectivity index (χ3v) is 5.21. The quantitative estimate of drug-likeness (QED) is 0.474. The molecule has 0 radical (unpaired) electrons. The van der Waals surface area contributed by atoms with Crippen molar-refractivity contribution in [1.82, 2.24) is 28.9 Å². The van der Waals surface area contributed by atoms with E-state index in [9.17, 15) is 9.59 Å². The lowest BCUT2D eigenvalue weighted by Crippen LogP contribution is -2.30. The van der Waals surface area contributed by atoms with Gasteiger partial charge in [-0.3, -0.25) is 14.0 Å². The fraction of sp³-hybridized carbons (Fsp3) is 0.0500. The number of thiazole rings is 1. The van der Waals surface area contributed by atoms with E-state index in [1.165, 1.54) is 10.7 Å². The minimum absolute atomic E-state index is 0.201. The number of carbonyl (C=O) groups excluding carboxylic acids is 1. The number of benzene rings is 1. The molecule has 1 aromatic carbocycles. The predicted molar refractivity (Wildman–Crippen MR) is 113 cm³/mol. The van der Waals surface area contributed by atoms with Crippen LogP contribution in [0.25, 0.3) is 22.0 Å². The van der Waals surface area contributed by atoms with Crippen LogP contribution in [0.15, 0.2) is 77.4 Å². The van der Waals surface area contributed by atoms with Crippen LogP contribution >= 0.6 is 11.3 Å². The molecule has 9 nitrogen and oxygen atoms in total. The van der Waals surface area contributed by atoms with Crippen LogP contribution < -0.4 is 10.9 Å². The lowest BCUT2D eigenvalue weighted by molar-refractivity contribution is -0.117. The molecule has 4 aromatic heterocycles. The molecule has 30 heavy (non-hydrogen) atoms. The maximum absolute atomic E-state index is 12.4. The number of rotatable bonds is 5. The average Bonchev–Trinajstić information content (AvgIpc) is 3.48. The maximum Gasteiger partial charge on any atom is 0.267 e. The van der Waals surface area contributed by atoms with Gasteiger partial charge in [0.15, 0.2) is 10.8 Å². The van der Waals surface area contributed by atoms with Gasteiger partial charge in [0.25, 0.3) is 5.56 Å². The van der Waals surface area contributed by atoms with E-state index in [0.29, 0.717) is 11.5 Å². The van der Waals surface area contributed by atoms with E-state index in [2.05, 4.69) is 20.5 Å². The molecule has 0 saturated heterocycles. The van der Waals surface area contributed by atoms with Gasteiger partial charge in [-0.1, -0.05) is 12.1 Å². The molecule has 0 aliphatic carbocycles. The number of hydrogen-bond donors (Lipinski definition) is 1. The summed E-state index contributed by atoms with van der Waals surface area (Å²) in [5.41, 5.74) is 2.08. The van der Waals surface area contributed by atoms with Crippen molar-refractivity contribution in [3.05, 3.63) is 83.0 Å². The summed E-state index contributed by atoms with van der Waals surface area (Å²) in [6, 6.07) is 12.1. The zero-order valence-electron chi connectivity index (χ0n) is 15.5. The highest BCUT2D eigenvalue weighted by Crippen LogP contribution is 2.23. The predicted octanol–water partition coefficient (Wildman–Crippen LogP) is 2.44. The molecule has 0 bridgehead atoms. The molecule has 0 atom stereocenters. The Kier molecular flexibility index (Phi) is 4.45. The summed E-state index contributed by atoms with van der Waals surface area (Å²) >= 11 is 1.57. The van der Waals surface area contributed by atoms with Gasteiger partial charge in [0.05, 0.1) is 5.69 Å². The number of hydrogen-bond acceptors (Lipinski definition) is 6. The van der Waals surface area contributed by atoms with Gasteiger partial charge in [-0.15, -0.1) is 16.4 Å². The Bertz CT molecular complexity index is 1350. The Morgan fingerprint density at radius 2 is 1.97 bits per heavy atom. The van der Waals surface area contributed by atoms with E-state index in [4.69, 9.17) is 0 Å². The fourth-order valence-corrected chi connectivity index (χ4v) is 3.71. The van der Waals surface area contributed by atoms with Gasteiger partial charge in [0.2, 0.25) is 5.91 Å². The highest BCUT2D eigenvalue weighted by molar-refractivity contribution is 7.15. The van der Waals surface area contributed by atoms with Crippen LogP contribution in [0.1, 0.15) is 0 Å². The third-order valence-electron chi connectivity index (χ3n) is 4.44. The number of imidazole rings is 1. The summed E-state index contributed by atoms with van der Waals surface area (Å²) in [6.45, 7) is -0.201. The zero-order valence-corrected chi connectivity index (χ0v) is 16.4. The normalized spacial score (nSPS) is 11.1. The molecule has 0 saturated carbocycles. The number of nitrogens with zero attached hydrogens (tertiary/aromatic N) is 6. The van der Waals surface area contributed by atoms with Gasteiger partial charge in [-0.2, -0.15) is 5.10 Å². The molecule has 4 heterocycles. The van der Waals surface area contributed by atoms with Gasteiger partial charge in [-0.25, -0.2) is 14.3 Å². The van der Waals surface area contributed by atoms with Gasteiger partial charge in [-0.05, 0) is 24.3 Å². The second-order valence-electron chi connectivity index (χ2n) is 6.48. The van der Waals surface area contributed by atoms with E-state index in [1.807, 2.05) is 34.3 Å². The van der Waals surface area contributed by atoms with Crippen LogP contribution in [0.4, 0.5) is 5.69 Å². The summed E-state index contributed by atoms with van der Waals surface area (Å²) < 4.78 is 4.60. The molecular weight excluding hydrogens is 402 g/mol. The van der Waals surface area contributed by atoms with E-state index < -0.39 is 0 Å². The van der Waals surface area contributed by atoms with Crippen LogP contribution in [-0.4, -0.2) is 34.9 Å².